The minimum atomic E-state index is -0.402. The molecule has 0 amide bonds. The summed E-state index contributed by atoms with van der Waals surface area (Å²) in [6.07, 6.45) is 4.45. The van der Waals surface area contributed by atoms with Gasteiger partial charge in [-0.1, -0.05) is 30.2 Å². The highest BCUT2D eigenvalue weighted by Gasteiger charge is 2.39. The van der Waals surface area contributed by atoms with E-state index in [2.05, 4.69) is 5.32 Å². The van der Waals surface area contributed by atoms with E-state index in [0.29, 0.717) is 11.1 Å². The molecule has 4 atom stereocenters. The van der Waals surface area contributed by atoms with E-state index in [1.54, 1.807) is 0 Å². The van der Waals surface area contributed by atoms with Crippen LogP contribution in [-0.4, -0.2) is 17.7 Å². The predicted molar refractivity (Wildman–Crippen MR) is 73.7 cm³/mol. The molecule has 1 aromatic carbocycles. The maximum atomic E-state index is 10.3. The summed E-state index contributed by atoms with van der Waals surface area (Å²) in [5, 5.41) is 14.6. The third-order valence-corrected chi connectivity index (χ3v) is 4.82. The van der Waals surface area contributed by atoms with Gasteiger partial charge in [-0.3, -0.25) is 0 Å². The zero-order valence-electron chi connectivity index (χ0n) is 10.5. The quantitative estimate of drug-likeness (QED) is 0.880. The molecule has 98 valence electrons. The molecule has 0 aromatic heterocycles. The summed E-state index contributed by atoms with van der Waals surface area (Å²) in [6.45, 7) is 1.14. The first kappa shape index (κ1) is 12.5. The van der Waals surface area contributed by atoms with Crippen LogP contribution < -0.4 is 5.32 Å². The first-order chi connectivity index (χ1) is 8.74. The van der Waals surface area contributed by atoms with Crippen LogP contribution in [0.4, 0.5) is 0 Å². The van der Waals surface area contributed by atoms with Gasteiger partial charge in [0.05, 0.1) is 6.10 Å². The highest BCUT2D eigenvalue weighted by atomic mass is 35.5. The number of aliphatic hydroxyl groups is 1. The van der Waals surface area contributed by atoms with Crippen LogP contribution >= 0.6 is 11.6 Å². The Kier molecular flexibility index (Phi) is 3.60. The molecule has 1 heterocycles. The Morgan fingerprint density at radius 1 is 1.39 bits per heavy atom. The number of aliphatic hydroxyl groups excluding tert-OH is 1. The third-order valence-electron chi connectivity index (χ3n) is 4.59. The zero-order chi connectivity index (χ0) is 12.5. The molecule has 2 nitrogen and oxygen atoms in total. The molecule has 1 aromatic rings. The van der Waals surface area contributed by atoms with E-state index in [-0.39, 0.29) is 0 Å². The van der Waals surface area contributed by atoms with E-state index in [0.717, 1.165) is 30.4 Å². The monoisotopic (exact) mass is 265 g/mol. The second kappa shape index (κ2) is 5.20. The van der Waals surface area contributed by atoms with Crippen molar-refractivity contribution in [3.8, 4) is 0 Å². The Morgan fingerprint density at radius 3 is 3.11 bits per heavy atom. The summed E-state index contributed by atoms with van der Waals surface area (Å²) >= 11 is 5.97. The van der Waals surface area contributed by atoms with Gasteiger partial charge in [-0.25, -0.2) is 0 Å². The van der Waals surface area contributed by atoms with Gasteiger partial charge in [0.2, 0.25) is 0 Å². The number of halogens is 1. The fourth-order valence-corrected chi connectivity index (χ4v) is 3.85. The Bertz CT molecular complexity index is 423. The second-order valence-electron chi connectivity index (χ2n) is 5.68. The summed E-state index contributed by atoms with van der Waals surface area (Å²) in [5.41, 5.74) is 0.936. The molecule has 3 rings (SSSR count). The van der Waals surface area contributed by atoms with E-state index in [4.69, 9.17) is 11.6 Å². The van der Waals surface area contributed by atoms with Gasteiger partial charge in [0.25, 0.3) is 0 Å². The number of fused-ring (bicyclic) bond motifs is 1. The number of benzene rings is 1. The molecule has 18 heavy (non-hydrogen) atoms. The van der Waals surface area contributed by atoms with Crippen molar-refractivity contribution in [2.75, 3.05) is 6.54 Å². The van der Waals surface area contributed by atoms with Gasteiger partial charge in [0.15, 0.2) is 0 Å². The number of nitrogens with one attached hydrogen (secondary N) is 1. The lowest BCUT2D eigenvalue weighted by Gasteiger charge is -2.21. The number of hydrogen-bond donors (Lipinski definition) is 2. The molecule has 2 N–H and O–H groups in total. The van der Waals surface area contributed by atoms with Crippen LogP contribution in [0.1, 0.15) is 37.4 Å². The van der Waals surface area contributed by atoms with Crippen LogP contribution in [0.2, 0.25) is 5.02 Å². The highest BCUT2D eigenvalue weighted by molar-refractivity contribution is 6.30. The number of hydrogen-bond acceptors (Lipinski definition) is 2. The van der Waals surface area contributed by atoms with Gasteiger partial charge < -0.3 is 10.4 Å². The van der Waals surface area contributed by atoms with Gasteiger partial charge in [-0.15, -0.1) is 0 Å². The smallest absolute Gasteiger partial charge is 0.0805 e. The Morgan fingerprint density at radius 2 is 2.28 bits per heavy atom. The minimum Gasteiger partial charge on any atom is -0.388 e. The van der Waals surface area contributed by atoms with E-state index < -0.39 is 6.10 Å². The van der Waals surface area contributed by atoms with Crippen molar-refractivity contribution in [3.05, 3.63) is 34.9 Å². The van der Waals surface area contributed by atoms with E-state index in [9.17, 15) is 5.11 Å². The molecule has 1 saturated heterocycles. The zero-order valence-corrected chi connectivity index (χ0v) is 11.2. The fourth-order valence-electron chi connectivity index (χ4n) is 3.65. The van der Waals surface area contributed by atoms with Crippen molar-refractivity contribution in [3.63, 3.8) is 0 Å². The highest BCUT2D eigenvalue weighted by Crippen LogP contribution is 2.40. The van der Waals surface area contributed by atoms with Crippen molar-refractivity contribution in [2.24, 2.45) is 11.8 Å². The molecule has 4 unspecified atom stereocenters. The Hall–Kier alpha value is -0.570. The molecular weight excluding hydrogens is 246 g/mol. The molecule has 2 fully saturated rings. The van der Waals surface area contributed by atoms with E-state index in [1.165, 1.54) is 19.3 Å². The summed E-state index contributed by atoms with van der Waals surface area (Å²) in [5.74, 6) is 1.63. The van der Waals surface area contributed by atoms with Gasteiger partial charge >= 0.3 is 0 Å². The van der Waals surface area contributed by atoms with Crippen LogP contribution in [0.25, 0.3) is 0 Å². The average molecular weight is 266 g/mol. The fraction of sp³-hybridized carbons (Fsp3) is 0.600. The lowest BCUT2D eigenvalue weighted by Crippen LogP contribution is -2.28. The van der Waals surface area contributed by atoms with Crippen molar-refractivity contribution in [1.29, 1.82) is 0 Å². The van der Waals surface area contributed by atoms with Crippen molar-refractivity contribution >= 4 is 11.6 Å². The molecule has 2 aliphatic rings. The molecule has 0 radical (unpaired) electrons. The summed E-state index contributed by atoms with van der Waals surface area (Å²) in [7, 11) is 0. The molecular formula is C15H20ClNO. The normalized spacial score (nSPS) is 32.4. The first-order valence-corrected chi connectivity index (χ1v) is 7.29. The molecule has 1 aliphatic carbocycles. The minimum absolute atomic E-state index is 0.402. The van der Waals surface area contributed by atoms with Crippen LogP contribution in [0, 0.1) is 11.8 Å². The summed E-state index contributed by atoms with van der Waals surface area (Å²) in [4.78, 5) is 0. The van der Waals surface area contributed by atoms with Crippen LogP contribution in [0.3, 0.4) is 0 Å². The van der Waals surface area contributed by atoms with Crippen LogP contribution in [0.15, 0.2) is 24.3 Å². The Labute approximate surface area is 113 Å². The van der Waals surface area contributed by atoms with Crippen molar-refractivity contribution < 1.29 is 5.11 Å². The predicted octanol–water partition coefficient (Wildman–Crippen LogP) is 3.15. The van der Waals surface area contributed by atoms with Crippen LogP contribution in [0.5, 0.6) is 0 Å². The van der Waals surface area contributed by atoms with E-state index in [1.807, 2.05) is 24.3 Å². The first-order valence-electron chi connectivity index (χ1n) is 6.91. The van der Waals surface area contributed by atoms with E-state index >= 15 is 0 Å². The van der Waals surface area contributed by atoms with Crippen LogP contribution in [-0.2, 0) is 0 Å². The van der Waals surface area contributed by atoms with Crippen molar-refractivity contribution in [2.45, 2.75) is 37.8 Å². The average Bonchev–Trinajstić information content (AvgIpc) is 2.94. The Balaban J connectivity index is 1.66. The molecule has 3 heteroatoms. The topological polar surface area (TPSA) is 32.3 Å². The SMILES string of the molecule is OC(CC1NCC2CCCC21)c1cccc(Cl)c1. The van der Waals surface area contributed by atoms with Gasteiger partial charge in [-0.05, 0) is 55.3 Å². The van der Waals surface area contributed by atoms with Crippen molar-refractivity contribution in [1.82, 2.24) is 5.32 Å². The maximum absolute atomic E-state index is 10.3. The largest absolute Gasteiger partial charge is 0.388 e. The molecule has 1 saturated carbocycles. The van der Waals surface area contributed by atoms with Gasteiger partial charge in [0, 0.05) is 11.1 Å². The lowest BCUT2D eigenvalue weighted by molar-refractivity contribution is 0.145. The van der Waals surface area contributed by atoms with Gasteiger partial charge in [-0.2, -0.15) is 0 Å². The second-order valence-corrected chi connectivity index (χ2v) is 6.11. The standard InChI is InChI=1S/C15H20ClNO/c16-12-5-1-3-10(7-12)15(18)8-14-13-6-2-4-11(13)9-17-14/h1,3,5,7,11,13-15,17-18H,2,4,6,8-9H2. The number of rotatable bonds is 3. The summed E-state index contributed by atoms with van der Waals surface area (Å²) in [6, 6.07) is 8.05. The maximum Gasteiger partial charge on any atom is 0.0805 e. The van der Waals surface area contributed by atoms with Gasteiger partial charge in [0.1, 0.15) is 0 Å². The molecule has 0 bridgehead atoms. The lowest BCUT2D eigenvalue weighted by atomic mass is 9.89. The molecule has 0 spiro atoms. The summed E-state index contributed by atoms with van der Waals surface area (Å²) < 4.78 is 0. The molecule has 1 aliphatic heterocycles. The third kappa shape index (κ3) is 2.42.